The van der Waals surface area contributed by atoms with Gasteiger partial charge in [0, 0.05) is 29.1 Å². The van der Waals surface area contributed by atoms with Crippen LogP contribution in [0, 0.1) is 10.1 Å². The highest BCUT2D eigenvalue weighted by Gasteiger charge is 2.15. The van der Waals surface area contributed by atoms with E-state index in [1.807, 2.05) is 42.7 Å². The van der Waals surface area contributed by atoms with Crippen molar-refractivity contribution in [3.8, 4) is 0 Å². The van der Waals surface area contributed by atoms with E-state index >= 15 is 0 Å². The Kier molecular flexibility index (Phi) is 5.18. The smallest absolute Gasteiger partial charge is 0.270 e. The number of hydrogen-bond donors (Lipinski definition) is 0. The number of Topliss-reactive ketones (excluding diaryl/α,β-unsaturated/α-hetero) is 1. The fourth-order valence-corrected chi connectivity index (χ4v) is 2.33. The van der Waals surface area contributed by atoms with Crippen LogP contribution in [0.5, 0.6) is 0 Å². The predicted molar refractivity (Wildman–Crippen MR) is 91.9 cm³/mol. The molecule has 0 saturated carbocycles. The Bertz CT molecular complexity index is 880. The van der Waals surface area contributed by atoms with E-state index in [-0.39, 0.29) is 35.0 Å². The van der Waals surface area contributed by atoms with E-state index in [2.05, 4.69) is 0 Å². The van der Waals surface area contributed by atoms with Crippen LogP contribution >= 0.6 is 17.0 Å². The van der Waals surface area contributed by atoms with Gasteiger partial charge in [-0.1, -0.05) is 30.3 Å². The van der Waals surface area contributed by atoms with Crippen LogP contribution in [0.15, 0.2) is 67.0 Å². The first-order chi connectivity index (χ1) is 10.6. The van der Waals surface area contributed by atoms with Crippen molar-refractivity contribution in [3.05, 3.63) is 82.7 Å². The highest BCUT2D eigenvalue weighted by Crippen LogP contribution is 2.14. The van der Waals surface area contributed by atoms with Crippen molar-refractivity contribution in [1.82, 2.24) is 0 Å². The molecular formula is C17H14BrN2O3+. The third-order valence-corrected chi connectivity index (χ3v) is 3.45. The van der Waals surface area contributed by atoms with Gasteiger partial charge >= 0.3 is 0 Å². The molecule has 1 aromatic heterocycles. The highest BCUT2D eigenvalue weighted by atomic mass is 79.9. The van der Waals surface area contributed by atoms with Gasteiger partial charge in [-0.25, -0.2) is 0 Å². The first-order valence-electron chi connectivity index (χ1n) is 6.79. The summed E-state index contributed by atoms with van der Waals surface area (Å²) in [5.74, 6) is -0.163. The molecule has 23 heavy (non-hydrogen) atoms. The number of nitrogens with zero attached hydrogens (tertiary/aromatic N) is 2. The average molecular weight is 374 g/mol. The highest BCUT2D eigenvalue weighted by molar-refractivity contribution is 8.93. The van der Waals surface area contributed by atoms with Crippen LogP contribution in [0.2, 0.25) is 0 Å². The van der Waals surface area contributed by atoms with Crippen molar-refractivity contribution in [2.45, 2.75) is 6.54 Å². The quantitative estimate of drug-likeness (QED) is 0.304. The summed E-state index contributed by atoms with van der Waals surface area (Å²) in [5.41, 5.74) is 0.268. The number of carbonyl (C=O) groups excluding carboxylic acids is 1. The molecule has 116 valence electrons. The van der Waals surface area contributed by atoms with E-state index in [9.17, 15) is 14.9 Å². The molecule has 0 aliphatic heterocycles. The third-order valence-electron chi connectivity index (χ3n) is 3.45. The molecule has 0 saturated heterocycles. The van der Waals surface area contributed by atoms with Crippen molar-refractivity contribution in [2.75, 3.05) is 0 Å². The second-order valence-electron chi connectivity index (χ2n) is 4.98. The maximum absolute atomic E-state index is 12.3. The lowest BCUT2D eigenvalue weighted by Crippen LogP contribution is -2.37. The van der Waals surface area contributed by atoms with Gasteiger partial charge in [-0.2, -0.15) is 4.57 Å². The Balaban J connectivity index is 0.00000192. The van der Waals surface area contributed by atoms with Crippen molar-refractivity contribution in [1.29, 1.82) is 0 Å². The second kappa shape index (κ2) is 7.11. The number of hydrogen-bond acceptors (Lipinski definition) is 3. The fourth-order valence-electron chi connectivity index (χ4n) is 2.33. The van der Waals surface area contributed by atoms with Gasteiger partial charge in [0.1, 0.15) is 0 Å². The van der Waals surface area contributed by atoms with Gasteiger partial charge < -0.3 is 0 Å². The number of aromatic nitrogens is 1. The van der Waals surface area contributed by atoms with Crippen LogP contribution in [0.4, 0.5) is 5.69 Å². The van der Waals surface area contributed by atoms with Crippen LogP contribution in [0.25, 0.3) is 10.8 Å². The summed E-state index contributed by atoms with van der Waals surface area (Å²) in [5, 5.41) is 12.9. The molecule has 0 unspecified atom stereocenters. The standard InChI is InChI=1S/C17H13N2O3.BrH/c20-17(14-6-3-7-16(10-14)19(21)22)12-18-9-8-13-4-1-2-5-15(13)11-18;/h1-11H,12H2;1H/q+1;. The minimum atomic E-state index is -0.500. The molecular weight excluding hydrogens is 360 g/mol. The number of nitro groups is 1. The van der Waals surface area contributed by atoms with Crippen molar-refractivity contribution < 1.29 is 14.3 Å². The van der Waals surface area contributed by atoms with Gasteiger partial charge in [0.15, 0.2) is 12.4 Å². The van der Waals surface area contributed by atoms with Crippen molar-refractivity contribution in [3.63, 3.8) is 0 Å². The summed E-state index contributed by atoms with van der Waals surface area (Å²) in [4.78, 5) is 22.6. The molecule has 0 aliphatic carbocycles. The largest absolute Gasteiger partial charge is 0.287 e. The molecule has 0 bridgehead atoms. The lowest BCUT2D eigenvalue weighted by Gasteiger charge is -2.00. The molecule has 0 spiro atoms. The zero-order valence-corrected chi connectivity index (χ0v) is 13.8. The molecule has 0 N–H and O–H groups in total. The Morgan fingerprint density at radius 2 is 1.78 bits per heavy atom. The van der Waals surface area contributed by atoms with E-state index in [0.717, 1.165) is 10.8 Å². The zero-order valence-electron chi connectivity index (χ0n) is 12.1. The minimum absolute atomic E-state index is 0. The predicted octanol–water partition coefficient (Wildman–Crippen LogP) is 3.50. The van der Waals surface area contributed by atoms with Gasteiger partial charge in [0.2, 0.25) is 12.3 Å². The van der Waals surface area contributed by atoms with Crippen molar-refractivity contribution >= 4 is 39.2 Å². The van der Waals surface area contributed by atoms with E-state index in [1.165, 1.54) is 18.2 Å². The van der Waals surface area contributed by atoms with Crippen molar-refractivity contribution in [2.24, 2.45) is 0 Å². The zero-order chi connectivity index (χ0) is 15.5. The third kappa shape index (κ3) is 3.78. The minimum Gasteiger partial charge on any atom is -0.287 e. The maximum atomic E-state index is 12.3. The Morgan fingerprint density at radius 1 is 1.04 bits per heavy atom. The average Bonchev–Trinajstić information content (AvgIpc) is 2.55. The summed E-state index contributed by atoms with van der Waals surface area (Å²) in [7, 11) is 0. The summed E-state index contributed by atoms with van der Waals surface area (Å²) < 4.78 is 1.78. The van der Waals surface area contributed by atoms with Gasteiger partial charge in [0.25, 0.3) is 5.69 Å². The number of pyridine rings is 1. The maximum Gasteiger partial charge on any atom is 0.270 e. The molecule has 0 atom stereocenters. The molecule has 0 fully saturated rings. The molecule has 1 heterocycles. The lowest BCUT2D eigenvalue weighted by molar-refractivity contribution is -0.681. The van der Waals surface area contributed by atoms with Crippen LogP contribution in [-0.2, 0) is 6.54 Å². The Labute approximate surface area is 143 Å². The summed E-state index contributed by atoms with van der Waals surface area (Å²) in [6, 6.07) is 15.6. The number of carbonyl (C=O) groups is 1. The number of halogens is 1. The molecule has 5 nitrogen and oxygen atoms in total. The molecule has 2 aromatic carbocycles. The monoisotopic (exact) mass is 373 g/mol. The van der Waals surface area contributed by atoms with E-state index in [0.29, 0.717) is 5.56 Å². The molecule has 0 radical (unpaired) electrons. The summed E-state index contributed by atoms with van der Waals surface area (Å²) in [6.07, 6.45) is 3.72. The second-order valence-corrected chi connectivity index (χ2v) is 4.98. The molecule has 6 heteroatoms. The van der Waals surface area contributed by atoms with Crippen LogP contribution in [-0.4, -0.2) is 10.7 Å². The fraction of sp³-hybridized carbons (Fsp3) is 0.0588. The van der Waals surface area contributed by atoms with Crippen LogP contribution < -0.4 is 4.57 Å². The van der Waals surface area contributed by atoms with E-state index < -0.39 is 4.92 Å². The Hall–Kier alpha value is -2.60. The van der Waals surface area contributed by atoms with E-state index in [4.69, 9.17) is 0 Å². The number of nitro benzene ring substituents is 1. The Morgan fingerprint density at radius 3 is 2.52 bits per heavy atom. The molecule has 0 amide bonds. The van der Waals surface area contributed by atoms with Crippen LogP contribution in [0.3, 0.4) is 0 Å². The topological polar surface area (TPSA) is 64.1 Å². The number of fused-ring (bicyclic) bond motifs is 1. The van der Waals surface area contributed by atoms with Gasteiger partial charge in [0.05, 0.1) is 4.92 Å². The van der Waals surface area contributed by atoms with Gasteiger partial charge in [-0.05, 0) is 11.5 Å². The summed E-state index contributed by atoms with van der Waals surface area (Å²) >= 11 is 0. The van der Waals surface area contributed by atoms with Crippen LogP contribution in [0.1, 0.15) is 10.4 Å². The summed E-state index contributed by atoms with van der Waals surface area (Å²) in [6.45, 7) is 0.145. The first kappa shape index (κ1) is 16.8. The first-order valence-corrected chi connectivity index (χ1v) is 6.79. The number of benzene rings is 2. The molecule has 3 rings (SSSR count). The normalized spacial score (nSPS) is 10.1. The molecule has 3 aromatic rings. The van der Waals surface area contributed by atoms with Gasteiger partial charge in [-0.15, -0.1) is 17.0 Å². The number of rotatable bonds is 4. The molecule has 0 aliphatic rings. The van der Waals surface area contributed by atoms with Gasteiger partial charge in [-0.3, -0.25) is 14.9 Å². The SMILES string of the molecule is Br.O=C(C[n+]1ccc2ccccc2c1)c1cccc([N+](=O)[O-])c1. The number of non-ortho nitro benzene ring substituents is 1. The number of ketones is 1. The van der Waals surface area contributed by atoms with E-state index in [1.54, 1.807) is 10.6 Å². The lowest BCUT2D eigenvalue weighted by atomic mass is 10.1.